The third-order valence-corrected chi connectivity index (χ3v) is 4.82. The number of aromatic nitrogens is 2. The number of anilines is 2. The lowest BCUT2D eigenvalue weighted by atomic mass is 10.2. The van der Waals surface area contributed by atoms with Crippen molar-refractivity contribution >= 4 is 17.5 Å². The summed E-state index contributed by atoms with van der Waals surface area (Å²) >= 11 is 0. The fourth-order valence-electron chi connectivity index (χ4n) is 3.09. The van der Waals surface area contributed by atoms with Crippen molar-refractivity contribution in [2.45, 2.75) is 33.2 Å². The summed E-state index contributed by atoms with van der Waals surface area (Å²) in [6.45, 7) is 8.23. The minimum atomic E-state index is -0.232. The van der Waals surface area contributed by atoms with Crippen LogP contribution in [0.2, 0.25) is 0 Å². The lowest BCUT2D eigenvalue weighted by molar-refractivity contribution is 0.0740. The van der Waals surface area contributed by atoms with Crippen LogP contribution in [0.15, 0.2) is 30.3 Å². The minimum Gasteiger partial charge on any atom is -0.366 e. The van der Waals surface area contributed by atoms with Crippen LogP contribution >= 0.6 is 0 Å². The van der Waals surface area contributed by atoms with E-state index in [0.717, 1.165) is 12.1 Å². The number of carbonyl (C=O) groups excluding carboxylic acids is 1. The number of carbonyl (C=O) groups is 1. The van der Waals surface area contributed by atoms with E-state index in [2.05, 4.69) is 29.1 Å². The third-order valence-electron chi connectivity index (χ3n) is 4.82. The second-order valence-electron chi connectivity index (χ2n) is 6.90. The molecule has 1 amide bonds. The van der Waals surface area contributed by atoms with Gasteiger partial charge in [-0.05, 0) is 38.5 Å². The smallest absolute Gasteiger partial charge is 0.272 e. The Labute approximate surface area is 159 Å². The van der Waals surface area contributed by atoms with Crippen molar-refractivity contribution in [2.24, 2.45) is 0 Å². The Morgan fingerprint density at radius 2 is 1.93 bits per heavy atom. The van der Waals surface area contributed by atoms with Gasteiger partial charge in [0.1, 0.15) is 11.5 Å². The number of halogens is 1. The van der Waals surface area contributed by atoms with Crippen LogP contribution in [0.4, 0.5) is 16.0 Å². The fourth-order valence-corrected chi connectivity index (χ4v) is 3.09. The maximum absolute atomic E-state index is 14.0. The molecule has 1 N–H and O–H groups in total. The van der Waals surface area contributed by atoms with Gasteiger partial charge in [0, 0.05) is 37.9 Å². The molecule has 3 rings (SSSR count). The summed E-state index contributed by atoms with van der Waals surface area (Å²) < 4.78 is 14.0. The Kier molecular flexibility index (Phi) is 5.88. The number of nitrogens with one attached hydrogen (secondary N) is 1. The molecule has 144 valence electrons. The van der Waals surface area contributed by atoms with E-state index < -0.39 is 0 Å². The number of piperazine rings is 1. The first-order chi connectivity index (χ1) is 13.0. The summed E-state index contributed by atoms with van der Waals surface area (Å²) in [7, 11) is 0. The topological polar surface area (TPSA) is 61.4 Å². The Bertz CT molecular complexity index is 805. The maximum atomic E-state index is 14.0. The first-order valence-corrected chi connectivity index (χ1v) is 9.39. The van der Waals surface area contributed by atoms with Crippen molar-refractivity contribution in [3.63, 3.8) is 0 Å². The molecule has 0 saturated carbocycles. The molecule has 0 spiro atoms. The molecular formula is C20H26FN5O. The van der Waals surface area contributed by atoms with Crippen LogP contribution in [0, 0.1) is 12.7 Å². The molecule has 1 atom stereocenters. The van der Waals surface area contributed by atoms with Gasteiger partial charge in [0.2, 0.25) is 5.95 Å². The van der Waals surface area contributed by atoms with Crippen molar-refractivity contribution in [1.82, 2.24) is 14.9 Å². The fraction of sp³-hybridized carbons (Fsp3) is 0.450. The average molecular weight is 371 g/mol. The first-order valence-electron chi connectivity index (χ1n) is 9.39. The SMILES string of the molecule is CCC(C)Nc1nc(C)cc(C(=O)N2CCN(c3ccccc3F)CC2)n1. The van der Waals surface area contributed by atoms with Crippen LogP contribution in [-0.2, 0) is 0 Å². The molecule has 1 aliphatic heterocycles. The van der Waals surface area contributed by atoms with Gasteiger partial charge in [-0.15, -0.1) is 0 Å². The summed E-state index contributed by atoms with van der Waals surface area (Å²) in [6.07, 6.45) is 0.943. The lowest BCUT2D eigenvalue weighted by Crippen LogP contribution is -2.49. The molecule has 7 heteroatoms. The largest absolute Gasteiger partial charge is 0.366 e. The molecule has 0 radical (unpaired) electrons. The highest BCUT2D eigenvalue weighted by Gasteiger charge is 2.25. The number of amides is 1. The van der Waals surface area contributed by atoms with Crippen LogP contribution in [0.25, 0.3) is 0 Å². The Hall–Kier alpha value is -2.70. The van der Waals surface area contributed by atoms with Crippen molar-refractivity contribution < 1.29 is 9.18 Å². The highest BCUT2D eigenvalue weighted by atomic mass is 19.1. The number of aryl methyl sites for hydroxylation is 1. The Morgan fingerprint density at radius 1 is 1.22 bits per heavy atom. The zero-order valence-corrected chi connectivity index (χ0v) is 16.1. The number of hydrogen-bond acceptors (Lipinski definition) is 5. The monoisotopic (exact) mass is 371 g/mol. The van der Waals surface area contributed by atoms with Crippen LogP contribution in [0.5, 0.6) is 0 Å². The van der Waals surface area contributed by atoms with Crippen molar-refractivity contribution in [2.75, 3.05) is 36.4 Å². The van der Waals surface area contributed by atoms with E-state index in [9.17, 15) is 9.18 Å². The number of rotatable bonds is 5. The second kappa shape index (κ2) is 8.33. The van der Waals surface area contributed by atoms with Gasteiger partial charge in [-0.2, -0.15) is 0 Å². The predicted molar refractivity (Wildman–Crippen MR) is 105 cm³/mol. The minimum absolute atomic E-state index is 0.110. The van der Waals surface area contributed by atoms with Crippen LogP contribution in [-0.4, -0.2) is 53.0 Å². The van der Waals surface area contributed by atoms with Crippen molar-refractivity contribution in [3.8, 4) is 0 Å². The molecule has 2 aromatic rings. The van der Waals surface area contributed by atoms with E-state index in [0.29, 0.717) is 43.5 Å². The van der Waals surface area contributed by atoms with Gasteiger partial charge in [0.05, 0.1) is 5.69 Å². The third kappa shape index (κ3) is 4.53. The average Bonchev–Trinajstić information content (AvgIpc) is 2.67. The number of nitrogens with zero attached hydrogens (tertiary/aromatic N) is 4. The highest BCUT2D eigenvalue weighted by Crippen LogP contribution is 2.21. The summed E-state index contributed by atoms with van der Waals surface area (Å²) in [6, 6.07) is 8.69. The zero-order valence-electron chi connectivity index (χ0n) is 16.1. The van der Waals surface area contributed by atoms with Gasteiger partial charge in [0.15, 0.2) is 0 Å². The molecule has 27 heavy (non-hydrogen) atoms. The molecule has 2 heterocycles. The van der Waals surface area contributed by atoms with Gasteiger partial charge < -0.3 is 15.1 Å². The summed E-state index contributed by atoms with van der Waals surface area (Å²) in [5.41, 5.74) is 1.74. The summed E-state index contributed by atoms with van der Waals surface area (Å²) in [5.74, 6) is 0.142. The Balaban J connectivity index is 1.68. The van der Waals surface area contributed by atoms with Crippen molar-refractivity contribution in [1.29, 1.82) is 0 Å². The second-order valence-corrected chi connectivity index (χ2v) is 6.90. The van der Waals surface area contributed by atoms with Gasteiger partial charge in [-0.1, -0.05) is 19.1 Å². The van der Waals surface area contributed by atoms with Gasteiger partial charge >= 0.3 is 0 Å². The highest BCUT2D eigenvalue weighted by molar-refractivity contribution is 5.92. The number of para-hydroxylation sites is 1. The van der Waals surface area contributed by atoms with Gasteiger partial charge in [0.25, 0.3) is 5.91 Å². The van der Waals surface area contributed by atoms with E-state index in [1.54, 1.807) is 23.1 Å². The van der Waals surface area contributed by atoms with E-state index in [4.69, 9.17) is 0 Å². The molecule has 1 aromatic carbocycles. The molecule has 0 aliphatic carbocycles. The van der Waals surface area contributed by atoms with E-state index in [1.807, 2.05) is 17.9 Å². The van der Waals surface area contributed by atoms with Gasteiger partial charge in [-0.3, -0.25) is 4.79 Å². The van der Waals surface area contributed by atoms with E-state index in [-0.39, 0.29) is 17.8 Å². The number of hydrogen-bond donors (Lipinski definition) is 1. The van der Waals surface area contributed by atoms with E-state index >= 15 is 0 Å². The molecule has 1 saturated heterocycles. The molecule has 1 fully saturated rings. The standard InChI is InChI=1S/C20H26FN5O/c1-4-14(2)22-20-23-15(3)13-17(24-20)19(27)26-11-9-25(10-12-26)18-8-6-5-7-16(18)21/h5-8,13-14H,4,9-12H2,1-3H3,(H,22,23,24). The first kappa shape index (κ1) is 19.1. The van der Waals surface area contributed by atoms with Crippen molar-refractivity contribution in [3.05, 3.63) is 47.5 Å². The van der Waals surface area contributed by atoms with Crippen LogP contribution < -0.4 is 10.2 Å². The molecule has 6 nitrogen and oxygen atoms in total. The Morgan fingerprint density at radius 3 is 2.59 bits per heavy atom. The molecule has 1 aromatic heterocycles. The predicted octanol–water partition coefficient (Wildman–Crippen LogP) is 3.10. The lowest BCUT2D eigenvalue weighted by Gasteiger charge is -2.36. The molecule has 1 unspecified atom stereocenters. The normalized spacial score (nSPS) is 15.6. The maximum Gasteiger partial charge on any atom is 0.272 e. The summed E-state index contributed by atoms with van der Waals surface area (Å²) in [5, 5.41) is 3.22. The quantitative estimate of drug-likeness (QED) is 0.875. The molecule has 1 aliphatic rings. The van der Waals surface area contributed by atoms with Crippen LogP contribution in [0.3, 0.4) is 0 Å². The molecule has 0 bridgehead atoms. The van der Waals surface area contributed by atoms with Gasteiger partial charge in [-0.25, -0.2) is 14.4 Å². The number of benzene rings is 1. The molecular weight excluding hydrogens is 345 g/mol. The summed E-state index contributed by atoms with van der Waals surface area (Å²) in [4.78, 5) is 25.4. The van der Waals surface area contributed by atoms with E-state index in [1.165, 1.54) is 6.07 Å². The zero-order chi connectivity index (χ0) is 19.4. The van der Waals surface area contributed by atoms with Crippen LogP contribution in [0.1, 0.15) is 36.5 Å².